The first-order valence-electron chi connectivity index (χ1n) is 8.92. The Morgan fingerprint density at radius 2 is 1.64 bits per heavy atom. The lowest BCUT2D eigenvalue weighted by Crippen LogP contribution is -2.38. The molecule has 0 saturated heterocycles. The first-order valence-corrected chi connectivity index (χ1v) is 8.92. The number of nitrogens with zero attached hydrogens (tertiary/aromatic N) is 2. The van der Waals surface area contributed by atoms with Gasteiger partial charge in [0, 0.05) is 36.6 Å². The lowest BCUT2D eigenvalue weighted by Gasteiger charge is -2.28. The van der Waals surface area contributed by atoms with Crippen molar-refractivity contribution in [3.63, 3.8) is 0 Å². The molecule has 3 heteroatoms. The molecule has 0 fully saturated rings. The van der Waals surface area contributed by atoms with Crippen LogP contribution in [0.5, 0.6) is 0 Å². The Labute approximate surface area is 149 Å². The van der Waals surface area contributed by atoms with Crippen LogP contribution >= 0.6 is 0 Å². The molecular weight excluding hydrogens is 308 g/mol. The molecule has 3 aromatic rings. The van der Waals surface area contributed by atoms with Gasteiger partial charge in [-0.25, -0.2) is 0 Å². The molecule has 0 spiro atoms. The van der Waals surface area contributed by atoms with Crippen molar-refractivity contribution in [1.29, 1.82) is 0 Å². The van der Waals surface area contributed by atoms with Crippen LogP contribution in [0.15, 0.2) is 66.7 Å². The molecule has 1 aromatic heterocycles. The van der Waals surface area contributed by atoms with Crippen molar-refractivity contribution in [3.05, 3.63) is 78.0 Å². The molecule has 0 amide bonds. The van der Waals surface area contributed by atoms with Gasteiger partial charge in [-0.05, 0) is 31.5 Å². The Hall–Kier alpha value is -2.23. The molecule has 0 bridgehead atoms. The highest BCUT2D eigenvalue weighted by atomic mass is 16.3. The van der Waals surface area contributed by atoms with Crippen LogP contribution in [-0.2, 0) is 13.0 Å². The van der Waals surface area contributed by atoms with Crippen LogP contribution in [-0.4, -0.2) is 33.7 Å². The number of hydrogen-bond acceptors (Lipinski definition) is 3. The molecule has 0 aliphatic heterocycles. The second-order valence-corrected chi connectivity index (χ2v) is 6.86. The molecule has 0 aliphatic carbocycles. The Kier molecular flexibility index (Phi) is 5.79. The van der Waals surface area contributed by atoms with Gasteiger partial charge < -0.3 is 5.11 Å². The zero-order valence-corrected chi connectivity index (χ0v) is 15.0. The first-order chi connectivity index (χ1) is 12.1. The lowest BCUT2D eigenvalue weighted by molar-refractivity contribution is 0.0902. The van der Waals surface area contributed by atoms with Crippen molar-refractivity contribution < 1.29 is 5.11 Å². The number of pyridine rings is 1. The first kappa shape index (κ1) is 17.6. The summed E-state index contributed by atoms with van der Waals surface area (Å²) >= 11 is 0. The molecular formula is C22H26N2O. The van der Waals surface area contributed by atoms with Gasteiger partial charge in [-0.1, -0.05) is 54.6 Å². The molecule has 1 N–H and O–H groups in total. The quantitative estimate of drug-likeness (QED) is 0.708. The van der Waals surface area contributed by atoms with E-state index in [1.54, 1.807) is 0 Å². The van der Waals surface area contributed by atoms with Crippen molar-refractivity contribution in [2.24, 2.45) is 0 Å². The molecule has 1 atom stereocenters. The van der Waals surface area contributed by atoms with E-state index in [9.17, 15) is 5.11 Å². The molecule has 3 nitrogen and oxygen atoms in total. The Bertz CT molecular complexity index is 801. The minimum atomic E-state index is -0.431. The molecule has 0 aliphatic rings. The molecule has 1 heterocycles. The van der Waals surface area contributed by atoms with Gasteiger partial charge >= 0.3 is 0 Å². The average Bonchev–Trinajstić information content (AvgIpc) is 2.62. The number of hydrogen-bond donors (Lipinski definition) is 1. The summed E-state index contributed by atoms with van der Waals surface area (Å²) in [6, 6.07) is 23.0. The molecule has 3 rings (SSSR count). The van der Waals surface area contributed by atoms with Gasteiger partial charge in [-0.2, -0.15) is 0 Å². The highest BCUT2D eigenvalue weighted by Crippen LogP contribution is 2.14. The number of para-hydroxylation sites is 1. The Morgan fingerprint density at radius 3 is 2.40 bits per heavy atom. The maximum atomic E-state index is 10.6. The van der Waals surface area contributed by atoms with Gasteiger partial charge in [0.1, 0.15) is 0 Å². The zero-order valence-electron chi connectivity index (χ0n) is 15.0. The van der Waals surface area contributed by atoms with Crippen LogP contribution in [0.3, 0.4) is 0 Å². The summed E-state index contributed by atoms with van der Waals surface area (Å²) in [4.78, 5) is 6.98. The van der Waals surface area contributed by atoms with Crippen molar-refractivity contribution in [2.75, 3.05) is 6.54 Å². The number of fused-ring (bicyclic) bond motifs is 1. The fourth-order valence-electron chi connectivity index (χ4n) is 3.07. The van der Waals surface area contributed by atoms with E-state index < -0.39 is 6.10 Å². The van der Waals surface area contributed by atoms with E-state index in [4.69, 9.17) is 0 Å². The maximum absolute atomic E-state index is 10.6. The van der Waals surface area contributed by atoms with Crippen LogP contribution < -0.4 is 0 Å². The van der Waals surface area contributed by atoms with Gasteiger partial charge in [0.15, 0.2) is 0 Å². The van der Waals surface area contributed by atoms with E-state index in [0.717, 1.165) is 23.1 Å². The van der Waals surface area contributed by atoms with Gasteiger partial charge in [0.2, 0.25) is 0 Å². The summed E-state index contributed by atoms with van der Waals surface area (Å²) in [5, 5.41) is 11.7. The second-order valence-electron chi connectivity index (χ2n) is 6.86. The minimum absolute atomic E-state index is 0.374. The summed E-state index contributed by atoms with van der Waals surface area (Å²) in [7, 11) is 0. The normalized spacial score (nSPS) is 12.8. The van der Waals surface area contributed by atoms with Crippen molar-refractivity contribution in [1.82, 2.24) is 9.88 Å². The van der Waals surface area contributed by atoms with Crippen LogP contribution in [0.1, 0.15) is 25.1 Å². The van der Waals surface area contributed by atoms with Gasteiger partial charge in [0.05, 0.1) is 11.6 Å². The summed E-state index contributed by atoms with van der Waals surface area (Å²) in [5.41, 5.74) is 3.19. The van der Waals surface area contributed by atoms with Gasteiger partial charge in [-0.3, -0.25) is 9.88 Å². The highest BCUT2D eigenvalue weighted by molar-refractivity contribution is 5.78. The number of aromatic nitrogens is 1. The fraction of sp³-hybridized carbons (Fsp3) is 0.318. The third kappa shape index (κ3) is 4.88. The molecule has 0 radical (unpaired) electrons. The summed E-state index contributed by atoms with van der Waals surface area (Å²) in [6.07, 6.45) is 0.142. The Morgan fingerprint density at radius 1 is 0.920 bits per heavy atom. The van der Waals surface area contributed by atoms with E-state index in [0.29, 0.717) is 19.0 Å². The van der Waals surface area contributed by atoms with Crippen LogP contribution in [0, 0.1) is 0 Å². The molecule has 0 saturated carbocycles. The lowest BCUT2D eigenvalue weighted by atomic mass is 10.1. The third-order valence-electron chi connectivity index (χ3n) is 4.50. The van der Waals surface area contributed by atoms with Crippen molar-refractivity contribution >= 4 is 10.9 Å². The number of rotatable bonds is 7. The van der Waals surface area contributed by atoms with E-state index in [1.807, 2.05) is 30.3 Å². The molecule has 2 aromatic carbocycles. The monoisotopic (exact) mass is 334 g/mol. The SMILES string of the molecule is CC(C)N(Cc1ccccc1)CC(O)Cc1ccc2ccccc2n1. The number of aliphatic hydroxyl groups is 1. The third-order valence-corrected chi connectivity index (χ3v) is 4.50. The zero-order chi connectivity index (χ0) is 17.6. The number of aliphatic hydroxyl groups excluding tert-OH is 1. The predicted molar refractivity (Wildman–Crippen MR) is 103 cm³/mol. The average molecular weight is 334 g/mol. The fourth-order valence-corrected chi connectivity index (χ4v) is 3.07. The minimum Gasteiger partial charge on any atom is -0.391 e. The van der Waals surface area contributed by atoms with E-state index >= 15 is 0 Å². The molecule has 130 valence electrons. The van der Waals surface area contributed by atoms with Gasteiger partial charge in [-0.15, -0.1) is 0 Å². The Balaban J connectivity index is 1.65. The van der Waals surface area contributed by atoms with Crippen LogP contribution in [0.4, 0.5) is 0 Å². The van der Waals surface area contributed by atoms with Gasteiger partial charge in [0.25, 0.3) is 0 Å². The topological polar surface area (TPSA) is 36.4 Å². The molecule has 25 heavy (non-hydrogen) atoms. The van der Waals surface area contributed by atoms with E-state index in [2.05, 4.69) is 60.1 Å². The summed E-state index contributed by atoms with van der Waals surface area (Å²) in [6.45, 7) is 5.83. The molecule has 1 unspecified atom stereocenters. The predicted octanol–water partition coefficient (Wildman–Crippen LogP) is 4.05. The van der Waals surface area contributed by atoms with Crippen LogP contribution in [0.2, 0.25) is 0 Å². The van der Waals surface area contributed by atoms with E-state index in [-0.39, 0.29) is 0 Å². The summed E-state index contributed by atoms with van der Waals surface area (Å²) in [5.74, 6) is 0. The maximum Gasteiger partial charge on any atom is 0.0722 e. The van der Waals surface area contributed by atoms with Crippen LogP contribution in [0.25, 0.3) is 10.9 Å². The van der Waals surface area contributed by atoms with E-state index in [1.165, 1.54) is 5.56 Å². The second kappa shape index (κ2) is 8.24. The largest absolute Gasteiger partial charge is 0.391 e. The highest BCUT2D eigenvalue weighted by Gasteiger charge is 2.16. The smallest absolute Gasteiger partial charge is 0.0722 e. The van der Waals surface area contributed by atoms with Crippen molar-refractivity contribution in [2.45, 2.75) is 39.0 Å². The van der Waals surface area contributed by atoms with Crippen molar-refractivity contribution in [3.8, 4) is 0 Å². The summed E-state index contributed by atoms with van der Waals surface area (Å²) < 4.78 is 0. The standard InChI is InChI=1S/C22H26N2O/c1-17(2)24(15-18-8-4-3-5-9-18)16-21(25)14-20-13-12-19-10-6-7-11-22(19)23-20/h3-13,17,21,25H,14-16H2,1-2H3. The number of benzene rings is 2.